The summed E-state index contributed by atoms with van der Waals surface area (Å²) in [4.78, 5) is 0. The zero-order valence-corrected chi connectivity index (χ0v) is 6.07. The van der Waals surface area contributed by atoms with Crippen molar-refractivity contribution in [2.24, 2.45) is 0 Å². The summed E-state index contributed by atoms with van der Waals surface area (Å²) in [6, 6.07) is 0. The van der Waals surface area contributed by atoms with Crippen LogP contribution in [0.3, 0.4) is 0 Å². The van der Waals surface area contributed by atoms with Gasteiger partial charge in [-0.3, -0.25) is 5.32 Å². The Morgan fingerprint density at radius 3 is 2.56 bits per heavy atom. The van der Waals surface area contributed by atoms with Crippen LogP contribution in [0.1, 0.15) is 13.8 Å². The largest absolute Gasteiger partial charge is 0.298 e. The average molecular weight is 123 g/mol. The minimum absolute atomic E-state index is 0.325. The van der Waals surface area contributed by atoms with E-state index in [0.717, 1.165) is 6.54 Å². The number of terminal acetylenes is 1. The van der Waals surface area contributed by atoms with Crippen molar-refractivity contribution < 1.29 is 0 Å². The van der Waals surface area contributed by atoms with Crippen LogP contribution in [-0.2, 0) is 0 Å². The number of likely N-dealkylation sites (N-methyl/N-ethyl adjacent to an activating group) is 1. The van der Waals surface area contributed by atoms with Gasteiger partial charge in [-0.05, 0) is 13.5 Å². The van der Waals surface area contributed by atoms with Gasteiger partial charge in [-0.25, -0.2) is 0 Å². The van der Waals surface area contributed by atoms with E-state index in [4.69, 9.17) is 6.42 Å². The third-order valence-electron chi connectivity index (χ3n) is 1.25. The predicted molar refractivity (Wildman–Crippen MR) is 41.1 cm³/mol. The Labute approximate surface area is 57.2 Å². The van der Waals surface area contributed by atoms with Gasteiger partial charge < -0.3 is 0 Å². The van der Waals surface area contributed by atoms with Crippen LogP contribution in [0.15, 0.2) is 12.7 Å². The fourth-order valence-electron chi connectivity index (χ4n) is 0.549. The fraction of sp³-hybridized carbons (Fsp3) is 0.500. The molecule has 1 unspecified atom stereocenters. The molecule has 0 aliphatic rings. The summed E-state index contributed by atoms with van der Waals surface area (Å²) in [5.74, 6) is 2.60. The lowest BCUT2D eigenvalue weighted by molar-refractivity contribution is 0.563. The molecule has 0 radical (unpaired) electrons. The normalized spacial score (nSPS) is 15.7. The molecule has 0 aromatic carbocycles. The molecule has 0 bridgehead atoms. The molecule has 0 aliphatic carbocycles. The molecule has 1 nitrogen and oxygen atoms in total. The first-order valence-electron chi connectivity index (χ1n) is 3.05. The van der Waals surface area contributed by atoms with E-state index in [2.05, 4.69) is 17.8 Å². The van der Waals surface area contributed by atoms with Crippen molar-refractivity contribution in [3.05, 3.63) is 12.7 Å². The molecule has 0 rings (SSSR count). The highest BCUT2D eigenvalue weighted by atomic mass is 14.9. The lowest BCUT2D eigenvalue weighted by atomic mass is 10.1. The predicted octanol–water partition coefficient (Wildman–Crippen LogP) is 1.17. The van der Waals surface area contributed by atoms with Crippen molar-refractivity contribution in [2.75, 3.05) is 6.54 Å². The summed E-state index contributed by atoms with van der Waals surface area (Å²) in [6.07, 6.45) is 6.95. The Kier molecular flexibility index (Phi) is 3.05. The second kappa shape index (κ2) is 3.32. The lowest BCUT2D eigenvalue weighted by Gasteiger charge is -2.18. The second-order valence-corrected chi connectivity index (χ2v) is 2.08. The number of rotatable bonds is 3. The van der Waals surface area contributed by atoms with E-state index >= 15 is 0 Å². The van der Waals surface area contributed by atoms with Crippen molar-refractivity contribution in [2.45, 2.75) is 19.4 Å². The van der Waals surface area contributed by atoms with Crippen molar-refractivity contribution in [3.63, 3.8) is 0 Å². The summed E-state index contributed by atoms with van der Waals surface area (Å²) in [7, 11) is 0. The van der Waals surface area contributed by atoms with Crippen LogP contribution >= 0.6 is 0 Å². The van der Waals surface area contributed by atoms with Crippen molar-refractivity contribution in [1.82, 2.24) is 5.32 Å². The van der Waals surface area contributed by atoms with Crippen LogP contribution in [0.4, 0.5) is 0 Å². The fourth-order valence-corrected chi connectivity index (χ4v) is 0.549. The lowest BCUT2D eigenvalue weighted by Crippen LogP contribution is -2.38. The van der Waals surface area contributed by atoms with E-state index in [1.165, 1.54) is 0 Å². The van der Waals surface area contributed by atoms with E-state index in [9.17, 15) is 0 Å². The molecule has 1 N–H and O–H groups in total. The summed E-state index contributed by atoms with van der Waals surface area (Å²) < 4.78 is 0. The summed E-state index contributed by atoms with van der Waals surface area (Å²) in [5.41, 5.74) is -0.325. The molecule has 0 aromatic rings. The minimum Gasteiger partial charge on any atom is -0.298 e. The van der Waals surface area contributed by atoms with Crippen LogP contribution in [0.2, 0.25) is 0 Å². The Bertz CT molecular complexity index is 132. The highest BCUT2D eigenvalue weighted by Gasteiger charge is 2.12. The summed E-state index contributed by atoms with van der Waals surface area (Å²) in [6.45, 7) is 8.42. The first-order valence-corrected chi connectivity index (χ1v) is 3.05. The summed E-state index contributed by atoms with van der Waals surface area (Å²) in [5, 5.41) is 3.10. The number of hydrogen-bond donors (Lipinski definition) is 1. The van der Waals surface area contributed by atoms with Gasteiger partial charge in [-0.2, -0.15) is 0 Å². The molecule has 0 aliphatic heterocycles. The highest BCUT2D eigenvalue weighted by molar-refractivity contribution is 5.19. The van der Waals surface area contributed by atoms with Gasteiger partial charge in [-0.15, -0.1) is 13.0 Å². The molecule has 50 valence electrons. The van der Waals surface area contributed by atoms with E-state index in [1.807, 2.05) is 13.8 Å². The monoisotopic (exact) mass is 123 g/mol. The highest BCUT2D eigenvalue weighted by Crippen LogP contribution is 2.00. The van der Waals surface area contributed by atoms with Gasteiger partial charge in [0.2, 0.25) is 0 Å². The molecule has 0 amide bonds. The molecule has 0 spiro atoms. The van der Waals surface area contributed by atoms with E-state index in [1.54, 1.807) is 6.08 Å². The standard InChI is InChI=1S/C8H13N/c1-5-8(4,6-2)9-7-3/h1,6,9H,2,7H2,3-4H3. The number of nitrogens with one attached hydrogen (secondary N) is 1. The van der Waals surface area contributed by atoms with Gasteiger partial charge in [0.25, 0.3) is 0 Å². The van der Waals surface area contributed by atoms with Crippen molar-refractivity contribution in [3.8, 4) is 12.3 Å². The van der Waals surface area contributed by atoms with Crippen LogP contribution in [0.5, 0.6) is 0 Å². The molecule has 0 heterocycles. The molecule has 0 saturated carbocycles. The van der Waals surface area contributed by atoms with E-state index in [-0.39, 0.29) is 5.54 Å². The molecule has 0 saturated heterocycles. The maximum Gasteiger partial charge on any atom is 0.0952 e. The molecular weight excluding hydrogens is 110 g/mol. The molecule has 1 heteroatoms. The van der Waals surface area contributed by atoms with Crippen LogP contribution in [-0.4, -0.2) is 12.1 Å². The Balaban J connectivity index is 3.96. The molecule has 0 fully saturated rings. The maximum absolute atomic E-state index is 5.22. The third-order valence-corrected chi connectivity index (χ3v) is 1.25. The maximum atomic E-state index is 5.22. The summed E-state index contributed by atoms with van der Waals surface area (Å²) >= 11 is 0. The van der Waals surface area contributed by atoms with Crippen LogP contribution < -0.4 is 5.32 Å². The van der Waals surface area contributed by atoms with Gasteiger partial charge in [0, 0.05) is 0 Å². The quantitative estimate of drug-likeness (QED) is 0.439. The Hall–Kier alpha value is -0.740. The van der Waals surface area contributed by atoms with Crippen LogP contribution in [0.25, 0.3) is 0 Å². The topological polar surface area (TPSA) is 12.0 Å². The second-order valence-electron chi connectivity index (χ2n) is 2.08. The van der Waals surface area contributed by atoms with Gasteiger partial charge in [0.1, 0.15) is 0 Å². The molecular formula is C8H13N. The van der Waals surface area contributed by atoms with Gasteiger partial charge >= 0.3 is 0 Å². The van der Waals surface area contributed by atoms with Gasteiger partial charge in [0.15, 0.2) is 0 Å². The minimum atomic E-state index is -0.325. The van der Waals surface area contributed by atoms with Crippen molar-refractivity contribution in [1.29, 1.82) is 0 Å². The average Bonchev–Trinajstić information content (AvgIpc) is 1.89. The van der Waals surface area contributed by atoms with Crippen molar-refractivity contribution >= 4 is 0 Å². The Morgan fingerprint density at radius 2 is 2.44 bits per heavy atom. The van der Waals surface area contributed by atoms with Gasteiger partial charge in [-0.1, -0.05) is 18.9 Å². The van der Waals surface area contributed by atoms with E-state index in [0.29, 0.717) is 0 Å². The number of hydrogen-bond acceptors (Lipinski definition) is 1. The third kappa shape index (κ3) is 2.34. The first kappa shape index (κ1) is 8.26. The zero-order valence-electron chi connectivity index (χ0n) is 6.07. The van der Waals surface area contributed by atoms with Gasteiger partial charge in [0.05, 0.1) is 5.54 Å². The van der Waals surface area contributed by atoms with Crippen LogP contribution in [0, 0.1) is 12.3 Å². The molecule has 1 atom stereocenters. The molecule has 9 heavy (non-hydrogen) atoms. The van der Waals surface area contributed by atoms with E-state index < -0.39 is 0 Å². The molecule has 0 aromatic heterocycles. The smallest absolute Gasteiger partial charge is 0.0952 e. The Morgan fingerprint density at radius 1 is 1.89 bits per heavy atom. The SMILES string of the molecule is C#CC(C)(C=C)NCC. The zero-order chi connectivity index (χ0) is 7.33. The first-order chi connectivity index (χ1) is 4.18.